The lowest BCUT2D eigenvalue weighted by Gasteiger charge is -2.18. The third kappa shape index (κ3) is 2.08. The lowest BCUT2D eigenvalue weighted by Crippen LogP contribution is -2.42. The molecule has 2 aromatic rings. The second kappa shape index (κ2) is 5.39. The molecule has 0 atom stereocenters. The zero-order valence-corrected chi connectivity index (χ0v) is 14.2. The minimum Gasteiger partial charge on any atom is -0.486 e. The smallest absolute Gasteiger partial charge is 0.419 e. The zero-order valence-electron chi connectivity index (χ0n) is 12.6. The van der Waals surface area contributed by atoms with Crippen molar-refractivity contribution in [3.05, 3.63) is 28.4 Å². The van der Waals surface area contributed by atoms with E-state index < -0.39 is 18.9 Å². The number of aromatic nitrogens is 1. The van der Waals surface area contributed by atoms with Crippen LogP contribution in [0, 0.1) is 0 Å². The van der Waals surface area contributed by atoms with Gasteiger partial charge in [-0.3, -0.25) is 14.4 Å². The summed E-state index contributed by atoms with van der Waals surface area (Å²) in [6, 6.07) is 3.58. The summed E-state index contributed by atoms with van der Waals surface area (Å²) in [5.74, 6) is 0.125. The van der Waals surface area contributed by atoms with Crippen LogP contribution in [0.15, 0.2) is 22.8 Å². The molecule has 0 saturated carbocycles. The molecule has 3 heterocycles. The first-order valence-electron chi connectivity index (χ1n) is 7.36. The molecule has 0 radical (unpaired) electrons. The number of aromatic amines is 1. The predicted molar refractivity (Wildman–Crippen MR) is 90.8 cm³/mol. The highest BCUT2D eigenvalue weighted by molar-refractivity contribution is 9.12. The highest BCUT2D eigenvalue weighted by Gasteiger charge is 2.42. The third-order valence-electron chi connectivity index (χ3n) is 4.05. The molecular formula is C15H12BBrN2O5. The molecule has 7 nitrogen and oxygen atoms in total. The topological polar surface area (TPSA) is 91.9 Å². The van der Waals surface area contributed by atoms with Crippen LogP contribution in [0.1, 0.15) is 5.56 Å². The summed E-state index contributed by atoms with van der Waals surface area (Å²) in [5.41, 5.74) is 1.54. The van der Waals surface area contributed by atoms with E-state index in [1.165, 1.54) is 6.82 Å². The van der Waals surface area contributed by atoms with E-state index in [1.54, 1.807) is 18.3 Å². The quantitative estimate of drug-likeness (QED) is 0.599. The average molecular weight is 391 g/mol. The second-order valence-corrected chi connectivity index (χ2v) is 6.34. The first kappa shape index (κ1) is 15.3. The Morgan fingerprint density at radius 2 is 1.88 bits per heavy atom. The molecule has 122 valence electrons. The number of nitrogens with zero attached hydrogens (tertiary/aromatic N) is 1. The normalized spacial score (nSPS) is 17.2. The van der Waals surface area contributed by atoms with E-state index in [0.29, 0.717) is 30.3 Å². The molecule has 1 aromatic carbocycles. The predicted octanol–water partition coefficient (Wildman–Crippen LogP) is 1.52. The number of nitrogens with one attached hydrogen (secondary N) is 1. The second-order valence-electron chi connectivity index (χ2n) is 5.54. The van der Waals surface area contributed by atoms with Gasteiger partial charge in [-0.1, -0.05) is 0 Å². The molecule has 24 heavy (non-hydrogen) atoms. The van der Waals surface area contributed by atoms with Crippen LogP contribution in [0.25, 0.3) is 16.5 Å². The standard InChI is InChI=1S/C15H12BBrN2O5/c1-16(22)19-14(20)12(13(17)15(19)21)8-6-18-9-5-11-10(4-7(8)9)23-2-3-24-11/h4-6,18,22H,2-3H2,1H3. The van der Waals surface area contributed by atoms with Gasteiger partial charge in [0.15, 0.2) is 11.5 Å². The van der Waals surface area contributed by atoms with Crippen molar-refractivity contribution in [3.63, 3.8) is 0 Å². The number of fused-ring (bicyclic) bond motifs is 2. The van der Waals surface area contributed by atoms with E-state index >= 15 is 0 Å². The molecule has 2 N–H and O–H groups in total. The molecule has 1 aromatic heterocycles. The Balaban J connectivity index is 1.88. The van der Waals surface area contributed by atoms with E-state index in [1.807, 2.05) is 0 Å². The first-order chi connectivity index (χ1) is 11.5. The molecule has 0 aliphatic carbocycles. The molecule has 2 aliphatic heterocycles. The number of ether oxygens (including phenoxy) is 2. The van der Waals surface area contributed by atoms with Crippen molar-refractivity contribution in [2.24, 2.45) is 0 Å². The lowest BCUT2D eigenvalue weighted by atomic mass is 9.85. The molecule has 0 saturated heterocycles. The van der Waals surface area contributed by atoms with Gasteiger partial charge in [0.05, 0.1) is 10.1 Å². The number of rotatable bonds is 2. The van der Waals surface area contributed by atoms with Crippen LogP contribution in [0.4, 0.5) is 0 Å². The number of halogens is 1. The van der Waals surface area contributed by atoms with Gasteiger partial charge in [-0.2, -0.15) is 0 Å². The zero-order chi connectivity index (χ0) is 17.0. The SMILES string of the molecule is CB(O)N1C(=O)C(Br)=C(c2c[nH]c3cc4c(cc23)OCCO4)C1=O. The number of H-pyrrole nitrogens is 1. The number of carbonyl (C=O) groups excluding carboxylic acids is 2. The van der Waals surface area contributed by atoms with E-state index in [2.05, 4.69) is 20.9 Å². The summed E-state index contributed by atoms with van der Waals surface area (Å²) in [6.07, 6.45) is 1.66. The lowest BCUT2D eigenvalue weighted by molar-refractivity contribution is -0.131. The maximum atomic E-state index is 12.6. The van der Waals surface area contributed by atoms with Gasteiger partial charge in [-0.25, -0.2) is 0 Å². The number of hydrogen-bond acceptors (Lipinski definition) is 5. The van der Waals surface area contributed by atoms with Gasteiger partial charge in [0, 0.05) is 28.7 Å². The van der Waals surface area contributed by atoms with Crippen LogP contribution in [0.5, 0.6) is 11.5 Å². The maximum absolute atomic E-state index is 12.6. The van der Waals surface area contributed by atoms with Crippen LogP contribution in [-0.2, 0) is 9.59 Å². The Morgan fingerprint density at radius 1 is 1.21 bits per heavy atom. The van der Waals surface area contributed by atoms with Gasteiger partial charge < -0.3 is 19.5 Å². The van der Waals surface area contributed by atoms with Crippen molar-refractivity contribution in [1.29, 1.82) is 0 Å². The van der Waals surface area contributed by atoms with Crippen molar-refractivity contribution in [1.82, 2.24) is 9.79 Å². The van der Waals surface area contributed by atoms with Gasteiger partial charge >= 0.3 is 7.05 Å². The van der Waals surface area contributed by atoms with Crippen LogP contribution in [0.2, 0.25) is 6.82 Å². The Kier molecular flexibility index (Phi) is 3.43. The van der Waals surface area contributed by atoms with Crippen molar-refractivity contribution >= 4 is 51.3 Å². The molecule has 0 spiro atoms. The molecular weight excluding hydrogens is 379 g/mol. The summed E-state index contributed by atoms with van der Waals surface area (Å²) in [7, 11) is -1.20. The fourth-order valence-corrected chi connectivity index (χ4v) is 3.53. The van der Waals surface area contributed by atoms with Gasteiger partial charge in [0.2, 0.25) is 0 Å². The minimum absolute atomic E-state index is 0.129. The summed E-state index contributed by atoms with van der Waals surface area (Å²) in [6.45, 7) is 2.31. The molecule has 2 amide bonds. The van der Waals surface area contributed by atoms with Gasteiger partial charge in [0.1, 0.15) is 13.2 Å². The summed E-state index contributed by atoms with van der Waals surface area (Å²) in [4.78, 5) is 28.7. The molecule has 2 aliphatic rings. The largest absolute Gasteiger partial charge is 0.486 e. The van der Waals surface area contributed by atoms with Crippen molar-refractivity contribution < 1.29 is 24.1 Å². The number of hydrogen-bond donors (Lipinski definition) is 2. The van der Waals surface area contributed by atoms with E-state index in [0.717, 1.165) is 15.7 Å². The van der Waals surface area contributed by atoms with Crippen LogP contribution < -0.4 is 9.47 Å². The maximum Gasteiger partial charge on any atom is 0.419 e. The third-order valence-corrected chi connectivity index (χ3v) is 4.78. The highest BCUT2D eigenvalue weighted by Crippen LogP contribution is 2.40. The molecule has 0 bridgehead atoms. The molecule has 0 fully saturated rings. The first-order valence-corrected chi connectivity index (χ1v) is 8.15. The van der Waals surface area contributed by atoms with Crippen LogP contribution in [-0.4, -0.2) is 46.9 Å². The summed E-state index contributed by atoms with van der Waals surface area (Å²) >= 11 is 3.19. The van der Waals surface area contributed by atoms with Crippen molar-refractivity contribution in [2.75, 3.05) is 13.2 Å². The van der Waals surface area contributed by atoms with E-state index in [9.17, 15) is 14.6 Å². The van der Waals surface area contributed by atoms with Crippen molar-refractivity contribution in [2.45, 2.75) is 6.82 Å². The Morgan fingerprint density at radius 3 is 2.50 bits per heavy atom. The number of amides is 2. The number of benzene rings is 1. The minimum atomic E-state index is -1.20. The van der Waals surface area contributed by atoms with Crippen LogP contribution in [0.3, 0.4) is 0 Å². The summed E-state index contributed by atoms with van der Waals surface area (Å²) in [5, 5.41) is 10.4. The number of imide groups is 1. The van der Waals surface area contributed by atoms with Gasteiger partial charge in [-0.15, -0.1) is 0 Å². The Bertz CT molecular complexity index is 920. The van der Waals surface area contributed by atoms with Crippen LogP contribution >= 0.6 is 15.9 Å². The van der Waals surface area contributed by atoms with Gasteiger partial charge in [0.25, 0.3) is 11.8 Å². The monoisotopic (exact) mass is 390 g/mol. The Labute approximate surface area is 145 Å². The fraction of sp³-hybridized carbons (Fsp3) is 0.200. The molecule has 4 rings (SSSR count). The summed E-state index contributed by atoms with van der Waals surface area (Å²) < 4.78 is 11.3. The van der Waals surface area contributed by atoms with Crippen molar-refractivity contribution in [3.8, 4) is 11.5 Å². The molecule has 9 heteroatoms. The van der Waals surface area contributed by atoms with E-state index in [4.69, 9.17) is 9.47 Å². The Hall–Kier alpha value is -2.26. The average Bonchev–Trinajstić information content (AvgIpc) is 3.04. The van der Waals surface area contributed by atoms with E-state index in [-0.39, 0.29) is 10.1 Å². The molecule has 0 unspecified atom stereocenters. The van der Waals surface area contributed by atoms with Gasteiger partial charge in [-0.05, 0) is 28.8 Å². The highest BCUT2D eigenvalue weighted by atomic mass is 79.9. The number of carbonyl (C=O) groups is 2. The fourth-order valence-electron chi connectivity index (χ4n) is 2.96.